The quantitative estimate of drug-likeness (QED) is 0.594. The number of ether oxygens (including phenoxy) is 2. The smallest absolute Gasteiger partial charge is 0.308 e. The molecule has 1 aromatic rings. The SMILES string of the molecule is COc1cc2c(cc1OC(C)=O)C(=O)CCC=C2. The fourth-order valence-corrected chi connectivity index (χ4v) is 1.91. The Balaban J connectivity index is 2.53. The molecule has 0 heterocycles. The monoisotopic (exact) mass is 246 g/mol. The highest BCUT2D eigenvalue weighted by Gasteiger charge is 2.18. The van der Waals surface area contributed by atoms with Gasteiger partial charge in [-0.05, 0) is 24.1 Å². The van der Waals surface area contributed by atoms with E-state index in [4.69, 9.17) is 9.47 Å². The van der Waals surface area contributed by atoms with Crippen LogP contribution in [0.25, 0.3) is 6.08 Å². The molecule has 18 heavy (non-hydrogen) atoms. The van der Waals surface area contributed by atoms with Gasteiger partial charge in [0.2, 0.25) is 0 Å². The number of benzene rings is 1. The van der Waals surface area contributed by atoms with Crippen LogP contribution in [0.5, 0.6) is 11.5 Å². The Morgan fingerprint density at radius 2 is 2.06 bits per heavy atom. The Bertz CT molecular complexity index is 529. The van der Waals surface area contributed by atoms with Crippen LogP contribution >= 0.6 is 0 Å². The van der Waals surface area contributed by atoms with Gasteiger partial charge in [-0.25, -0.2) is 0 Å². The summed E-state index contributed by atoms with van der Waals surface area (Å²) in [5.41, 5.74) is 1.37. The summed E-state index contributed by atoms with van der Waals surface area (Å²) in [5.74, 6) is 0.339. The van der Waals surface area contributed by atoms with E-state index in [1.807, 2.05) is 12.2 Å². The molecule has 0 aliphatic heterocycles. The lowest BCUT2D eigenvalue weighted by Gasteiger charge is -2.11. The predicted molar refractivity (Wildman–Crippen MR) is 66.9 cm³/mol. The topological polar surface area (TPSA) is 52.6 Å². The van der Waals surface area contributed by atoms with E-state index in [1.54, 1.807) is 12.1 Å². The summed E-state index contributed by atoms with van der Waals surface area (Å²) in [7, 11) is 1.50. The third kappa shape index (κ3) is 2.42. The van der Waals surface area contributed by atoms with Crippen LogP contribution in [0.1, 0.15) is 35.7 Å². The molecule has 4 heteroatoms. The Labute approximate surface area is 105 Å². The molecule has 1 aliphatic rings. The fourth-order valence-electron chi connectivity index (χ4n) is 1.91. The summed E-state index contributed by atoms with van der Waals surface area (Å²) in [4.78, 5) is 22.9. The zero-order chi connectivity index (χ0) is 13.1. The molecule has 94 valence electrons. The van der Waals surface area contributed by atoms with E-state index in [1.165, 1.54) is 14.0 Å². The predicted octanol–water partition coefficient (Wildman–Crippen LogP) is 2.61. The zero-order valence-electron chi connectivity index (χ0n) is 10.4. The molecule has 1 aliphatic carbocycles. The Morgan fingerprint density at radius 1 is 1.28 bits per heavy atom. The molecule has 1 aromatic carbocycles. The van der Waals surface area contributed by atoms with Crippen LogP contribution in [0, 0.1) is 0 Å². The Hall–Kier alpha value is -2.10. The third-order valence-corrected chi connectivity index (χ3v) is 2.73. The van der Waals surface area contributed by atoms with E-state index in [2.05, 4.69) is 0 Å². The van der Waals surface area contributed by atoms with Crippen LogP contribution in [0.3, 0.4) is 0 Å². The molecule has 0 aromatic heterocycles. The summed E-state index contributed by atoms with van der Waals surface area (Å²) < 4.78 is 10.2. The van der Waals surface area contributed by atoms with Crippen molar-refractivity contribution in [1.29, 1.82) is 0 Å². The molecule has 0 saturated carbocycles. The van der Waals surface area contributed by atoms with E-state index in [0.29, 0.717) is 17.7 Å². The van der Waals surface area contributed by atoms with Crippen LogP contribution in [-0.4, -0.2) is 18.9 Å². The minimum atomic E-state index is -0.440. The highest BCUT2D eigenvalue weighted by atomic mass is 16.6. The summed E-state index contributed by atoms with van der Waals surface area (Å²) in [6.07, 6.45) is 5.03. The minimum absolute atomic E-state index is 0.0473. The zero-order valence-corrected chi connectivity index (χ0v) is 10.4. The van der Waals surface area contributed by atoms with Crippen LogP contribution in [-0.2, 0) is 4.79 Å². The van der Waals surface area contributed by atoms with Gasteiger partial charge >= 0.3 is 5.97 Å². The maximum Gasteiger partial charge on any atom is 0.308 e. The van der Waals surface area contributed by atoms with Crippen molar-refractivity contribution < 1.29 is 19.1 Å². The molecular formula is C14H14O4. The highest BCUT2D eigenvalue weighted by molar-refractivity contribution is 6.01. The third-order valence-electron chi connectivity index (χ3n) is 2.73. The van der Waals surface area contributed by atoms with E-state index >= 15 is 0 Å². The van der Waals surface area contributed by atoms with Crippen molar-refractivity contribution in [3.05, 3.63) is 29.3 Å². The van der Waals surface area contributed by atoms with Gasteiger partial charge in [-0.3, -0.25) is 9.59 Å². The second-order valence-electron chi connectivity index (χ2n) is 4.05. The van der Waals surface area contributed by atoms with Crippen molar-refractivity contribution in [2.75, 3.05) is 7.11 Å². The first-order chi connectivity index (χ1) is 8.61. The molecule has 0 unspecified atom stereocenters. The molecule has 0 bridgehead atoms. The van der Waals surface area contributed by atoms with Crippen LogP contribution in [0.2, 0.25) is 0 Å². The lowest BCUT2D eigenvalue weighted by molar-refractivity contribution is -0.132. The summed E-state index contributed by atoms with van der Waals surface area (Å²) in [5, 5.41) is 0. The van der Waals surface area contributed by atoms with Gasteiger partial charge in [-0.15, -0.1) is 0 Å². The first-order valence-electron chi connectivity index (χ1n) is 5.72. The second kappa shape index (κ2) is 5.04. The number of esters is 1. The minimum Gasteiger partial charge on any atom is -0.493 e. The average Bonchev–Trinajstić information content (AvgIpc) is 2.50. The van der Waals surface area contributed by atoms with Gasteiger partial charge in [0.25, 0.3) is 0 Å². The van der Waals surface area contributed by atoms with Crippen molar-refractivity contribution >= 4 is 17.8 Å². The first-order valence-corrected chi connectivity index (χ1v) is 5.72. The molecule has 0 atom stereocenters. The van der Waals surface area contributed by atoms with Crippen molar-refractivity contribution in [1.82, 2.24) is 0 Å². The summed E-state index contributed by atoms with van der Waals surface area (Å²) >= 11 is 0. The Morgan fingerprint density at radius 3 is 2.72 bits per heavy atom. The first kappa shape index (κ1) is 12.4. The number of hydrogen-bond donors (Lipinski definition) is 0. The standard InChI is InChI=1S/C14H14O4/c1-9(15)18-14-8-11-10(7-13(14)17-2)5-3-4-6-12(11)16/h3,5,7-8H,4,6H2,1-2H3. The van der Waals surface area contributed by atoms with Gasteiger partial charge < -0.3 is 9.47 Å². The number of hydrogen-bond acceptors (Lipinski definition) is 4. The van der Waals surface area contributed by atoms with Crippen LogP contribution in [0.4, 0.5) is 0 Å². The van der Waals surface area contributed by atoms with Gasteiger partial charge in [0.1, 0.15) is 0 Å². The van der Waals surface area contributed by atoms with Gasteiger partial charge in [-0.1, -0.05) is 12.2 Å². The van der Waals surface area contributed by atoms with E-state index in [0.717, 1.165) is 12.0 Å². The maximum absolute atomic E-state index is 11.9. The number of fused-ring (bicyclic) bond motifs is 1. The normalized spacial score (nSPS) is 13.8. The molecular weight excluding hydrogens is 232 g/mol. The van der Waals surface area contributed by atoms with Crippen LogP contribution < -0.4 is 9.47 Å². The Kier molecular flexibility index (Phi) is 3.46. The number of carbonyl (C=O) groups is 2. The van der Waals surface area contributed by atoms with Gasteiger partial charge in [0.15, 0.2) is 17.3 Å². The molecule has 0 amide bonds. The van der Waals surface area contributed by atoms with Crippen molar-refractivity contribution in [2.24, 2.45) is 0 Å². The molecule has 4 nitrogen and oxygen atoms in total. The summed E-state index contributed by atoms with van der Waals surface area (Å²) in [6, 6.07) is 3.29. The molecule has 0 fully saturated rings. The number of rotatable bonds is 2. The molecule has 0 radical (unpaired) electrons. The van der Waals surface area contributed by atoms with Gasteiger partial charge in [-0.2, -0.15) is 0 Å². The molecule has 2 rings (SSSR count). The molecule has 0 saturated heterocycles. The largest absolute Gasteiger partial charge is 0.493 e. The fraction of sp³-hybridized carbons (Fsp3) is 0.286. The number of methoxy groups -OCH3 is 1. The highest BCUT2D eigenvalue weighted by Crippen LogP contribution is 2.33. The number of allylic oxidation sites excluding steroid dienone is 1. The van der Waals surface area contributed by atoms with Crippen molar-refractivity contribution in [3.8, 4) is 11.5 Å². The van der Waals surface area contributed by atoms with Gasteiger partial charge in [0.05, 0.1) is 7.11 Å². The molecule has 0 N–H and O–H groups in total. The van der Waals surface area contributed by atoms with E-state index in [-0.39, 0.29) is 11.5 Å². The number of ketones is 1. The number of carbonyl (C=O) groups excluding carboxylic acids is 2. The average molecular weight is 246 g/mol. The van der Waals surface area contributed by atoms with E-state index in [9.17, 15) is 9.59 Å². The maximum atomic E-state index is 11.9. The van der Waals surface area contributed by atoms with Crippen molar-refractivity contribution in [2.45, 2.75) is 19.8 Å². The molecule has 0 spiro atoms. The van der Waals surface area contributed by atoms with Crippen LogP contribution in [0.15, 0.2) is 18.2 Å². The number of Topliss-reactive ketones (excluding diaryl/α,β-unsaturated/α-hetero) is 1. The summed E-state index contributed by atoms with van der Waals surface area (Å²) in [6.45, 7) is 1.31. The van der Waals surface area contributed by atoms with Gasteiger partial charge in [0, 0.05) is 18.9 Å². The van der Waals surface area contributed by atoms with E-state index < -0.39 is 5.97 Å². The lowest BCUT2D eigenvalue weighted by atomic mass is 10.0. The second-order valence-corrected chi connectivity index (χ2v) is 4.05. The lowest BCUT2D eigenvalue weighted by Crippen LogP contribution is -2.06. The van der Waals surface area contributed by atoms with Crippen molar-refractivity contribution in [3.63, 3.8) is 0 Å².